The summed E-state index contributed by atoms with van der Waals surface area (Å²) in [6.45, 7) is 3.93. The Kier molecular flexibility index (Phi) is 5.01. The predicted octanol–water partition coefficient (Wildman–Crippen LogP) is 4.04. The molecule has 0 N–H and O–H groups in total. The van der Waals surface area contributed by atoms with Crippen LogP contribution in [0.1, 0.15) is 24.0 Å². The summed E-state index contributed by atoms with van der Waals surface area (Å²) in [4.78, 5) is 40.2. The zero-order chi connectivity index (χ0) is 20.7. The van der Waals surface area contributed by atoms with Crippen LogP contribution in [0.5, 0.6) is 0 Å². The van der Waals surface area contributed by atoms with Crippen molar-refractivity contribution in [2.75, 3.05) is 11.5 Å². The standard InChI is InChI=1S/C23H20ClNO4/c1-3-29-23(28)18-12-17-20(19(18)14-6-4-13(2)5-7-14)22(27)25(21(17)26)16-10-8-15(24)9-11-16/h4-12,17,19-20H,3H2,1-2H3/t17-,19-,20-/m0/s1. The first-order chi connectivity index (χ1) is 13.9. The molecule has 1 heterocycles. The first-order valence-corrected chi connectivity index (χ1v) is 9.89. The average Bonchev–Trinajstić information content (AvgIpc) is 3.20. The molecule has 148 valence electrons. The molecule has 1 fully saturated rings. The highest BCUT2D eigenvalue weighted by atomic mass is 35.5. The number of nitrogens with zero attached hydrogens (tertiary/aromatic N) is 1. The zero-order valence-corrected chi connectivity index (χ0v) is 16.8. The number of rotatable bonds is 4. The van der Waals surface area contributed by atoms with Crippen LogP contribution in [0.3, 0.4) is 0 Å². The minimum Gasteiger partial charge on any atom is -0.463 e. The number of esters is 1. The van der Waals surface area contributed by atoms with Crippen LogP contribution in [-0.4, -0.2) is 24.4 Å². The van der Waals surface area contributed by atoms with E-state index in [9.17, 15) is 14.4 Å². The maximum atomic E-state index is 13.3. The van der Waals surface area contributed by atoms with Crippen LogP contribution in [0.15, 0.2) is 60.2 Å². The third-order valence-electron chi connectivity index (χ3n) is 5.48. The van der Waals surface area contributed by atoms with Gasteiger partial charge in [0.15, 0.2) is 0 Å². The SMILES string of the molecule is CCOC(=O)C1=C[C@@H]2C(=O)N(c3ccc(Cl)cc3)C(=O)[C@@H]2[C@H]1c1ccc(C)cc1. The van der Waals surface area contributed by atoms with Crippen LogP contribution in [0, 0.1) is 18.8 Å². The Bertz CT molecular complexity index is 1010. The topological polar surface area (TPSA) is 63.7 Å². The molecule has 2 aromatic rings. The van der Waals surface area contributed by atoms with E-state index in [4.69, 9.17) is 16.3 Å². The van der Waals surface area contributed by atoms with E-state index in [1.165, 1.54) is 4.90 Å². The van der Waals surface area contributed by atoms with Gasteiger partial charge in [0.25, 0.3) is 0 Å². The van der Waals surface area contributed by atoms with Gasteiger partial charge in [-0.3, -0.25) is 9.59 Å². The molecule has 5 nitrogen and oxygen atoms in total. The molecule has 6 heteroatoms. The number of aryl methyl sites for hydroxylation is 1. The van der Waals surface area contributed by atoms with E-state index < -0.39 is 23.7 Å². The lowest BCUT2D eigenvalue weighted by Gasteiger charge is -2.22. The monoisotopic (exact) mass is 409 g/mol. The fourth-order valence-electron chi connectivity index (χ4n) is 4.14. The number of imide groups is 1. The van der Waals surface area contributed by atoms with Crippen molar-refractivity contribution in [2.24, 2.45) is 11.8 Å². The minimum absolute atomic E-state index is 0.227. The largest absolute Gasteiger partial charge is 0.463 e. The van der Waals surface area contributed by atoms with Gasteiger partial charge < -0.3 is 4.74 Å². The average molecular weight is 410 g/mol. The Morgan fingerprint density at radius 1 is 1.03 bits per heavy atom. The highest BCUT2D eigenvalue weighted by Gasteiger charge is 2.56. The normalized spacial score (nSPS) is 23.2. The summed E-state index contributed by atoms with van der Waals surface area (Å²) in [6.07, 6.45) is 1.61. The van der Waals surface area contributed by atoms with E-state index in [2.05, 4.69) is 0 Å². The highest BCUT2D eigenvalue weighted by Crippen LogP contribution is 2.49. The van der Waals surface area contributed by atoms with Gasteiger partial charge in [0.1, 0.15) is 0 Å². The third kappa shape index (κ3) is 3.25. The first-order valence-electron chi connectivity index (χ1n) is 9.51. The van der Waals surface area contributed by atoms with Gasteiger partial charge in [0.05, 0.1) is 24.1 Å². The molecule has 0 unspecified atom stereocenters. The van der Waals surface area contributed by atoms with Crippen molar-refractivity contribution in [3.8, 4) is 0 Å². The molecule has 3 atom stereocenters. The number of benzene rings is 2. The van der Waals surface area contributed by atoms with Crippen molar-refractivity contribution in [1.82, 2.24) is 0 Å². The fourth-order valence-corrected chi connectivity index (χ4v) is 4.27. The van der Waals surface area contributed by atoms with Gasteiger partial charge in [-0.1, -0.05) is 47.5 Å². The summed E-state index contributed by atoms with van der Waals surface area (Å²) in [5.74, 6) is -3.01. The quantitative estimate of drug-likeness (QED) is 0.564. The maximum Gasteiger partial charge on any atom is 0.334 e. The molecule has 1 aliphatic heterocycles. The molecule has 2 aromatic carbocycles. The molecule has 2 aliphatic rings. The molecule has 4 rings (SSSR count). The molecule has 0 aromatic heterocycles. The lowest BCUT2D eigenvalue weighted by molar-refractivity contribution is -0.138. The Morgan fingerprint density at radius 3 is 2.31 bits per heavy atom. The molecular formula is C23H20ClNO4. The second kappa shape index (κ2) is 7.48. The van der Waals surface area contributed by atoms with Crippen LogP contribution >= 0.6 is 11.6 Å². The molecule has 29 heavy (non-hydrogen) atoms. The van der Waals surface area contributed by atoms with Crippen molar-refractivity contribution < 1.29 is 19.1 Å². The van der Waals surface area contributed by atoms with Gasteiger partial charge >= 0.3 is 5.97 Å². The number of carbonyl (C=O) groups is 3. The van der Waals surface area contributed by atoms with Crippen LogP contribution in [-0.2, 0) is 19.1 Å². The number of hydrogen-bond donors (Lipinski definition) is 0. The van der Waals surface area contributed by atoms with Crippen LogP contribution in [0.4, 0.5) is 5.69 Å². The van der Waals surface area contributed by atoms with Crippen LogP contribution in [0.25, 0.3) is 0 Å². The lowest BCUT2D eigenvalue weighted by atomic mass is 9.82. The van der Waals surface area contributed by atoms with Crippen LogP contribution < -0.4 is 4.90 Å². The second-order valence-electron chi connectivity index (χ2n) is 7.27. The van der Waals surface area contributed by atoms with E-state index in [1.807, 2.05) is 31.2 Å². The third-order valence-corrected chi connectivity index (χ3v) is 5.74. The summed E-state index contributed by atoms with van der Waals surface area (Å²) >= 11 is 5.94. The maximum absolute atomic E-state index is 13.3. The zero-order valence-electron chi connectivity index (χ0n) is 16.1. The molecule has 0 saturated carbocycles. The molecule has 1 aliphatic carbocycles. The van der Waals surface area contributed by atoms with Gasteiger partial charge in [-0.25, -0.2) is 9.69 Å². The highest BCUT2D eigenvalue weighted by molar-refractivity contribution is 6.31. The molecule has 2 amide bonds. The minimum atomic E-state index is -0.691. The Morgan fingerprint density at radius 2 is 1.69 bits per heavy atom. The number of halogens is 1. The smallest absolute Gasteiger partial charge is 0.334 e. The summed E-state index contributed by atoms with van der Waals surface area (Å²) in [7, 11) is 0. The first kappa shape index (κ1) is 19.4. The predicted molar refractivity (Wildman–Crippen MR) is 110 cm³/mol. The van der Waals surface area contributed by atoms with Gasteiger partial charge in [-0.05, 0) is 43.7 Å². The second-order valence-corrected chi connectivity index (χ2v) is 7.71. The molecule has 0 bridgehead atoms. The van der Waals surface area contributed by atoms with Gasteiger partial charge in [-0.2, -0.15) is 0 Å². The number of hydrogen-bond acceptors (Lipinski definition) is 4. The molecule has 0 radical (unpaired) electrons. The van der Waals surface area contributed by atoms with E-state index in [-0.39, 0.29) is 18.4 Å². The Balaban J connectivity index is 1.77. The molecular weight excluding hydrogens is 390 g/mol. The van der Waals surface area contributed by atoms with Gasteiger partial charge in [0.2, 0.25) is 11.8 Å². The Labute approximate surface area is 173 Å². The number of amides is 2. The van der Waals surface area contributed by atoms with Crippen molar-refractivity contribution in [2.45, 2.75) is 19.8 Å². The van der Waals surface area contributed by atoms with Crippen molar-refractivity contribution >= 4 is 35.1 Å². The number of ether oxygens (including phenoxy) is 1. The summed E-state index contributed by atoms with van der Waals surface area (Å²) < 4.78 is 5.20. The summed E-state index contributed by atoms with van der Waals surface area (Å²) in [5.41, 5.74) is 2.75. The number of carbonyl (C=O) groups excluding carboxylic acids is 3. The lowest BCUT2D eigenvalue weighted by Crippen LogP contribution is -2.33. The molecule has 1 saturated heterocycles. The molecule has 0 spiro atoms. The van der Waals surface area contributed by atoms with E-state index in [0.29, 0.717) is 16.3 Å². The van der Waals surface area contributed by atoms with Crippen molar-refractivity contribution in [3.63, 3.8) is 0 Å². The van der Waals surface area contributed by atoms with E-state index >= 15 is 0 Å². The van der Waals surface area contributed by atoms with E-state index in [0.717, 1.165) is 11.1 Å². The van der Waals surface area contributed by atoms with Gasteiger partial charge in [0, 0.05) is 16.5 Å². The Hall–Kier alpha value is -2.92. The fraction of sp³-hybridized carbons (Fsp3) is 0.261. The summed E-state index contributed by atoms with van der Waals surface area (Å²) in [5, 5.41) is 0.523. The van der Waals surface area contributed by atoms with E-state index in [1.54, 1.807) is 37.3 Å². The number of fused-ring (bicyclic) bond motifs is 1. The van der Waals surface area contributed by atoms with Gasteiger partial charge in [-0.15, -0.1) is 0 Å². The van der Waals surface area contributed by atoms with Crippen molar-refractivity contribution in [1.29, 1.82) is 0 Å². The van der Waals surface area contributed by atoms with Crippen molar-refractivity contribution in [3.05, 3.63) is 76.3 Å². The summed E-state index contributed by atoms with van der Waals surface area (Å²) in [6, 6.07) is 14.3. The van der Waals surface area contributed by atoms with Crippen LogP contribution in [0.2, 0.25) is 5.02 Å². The number of anilines is 1.